The monoisotopic (exact) mass is 438 g/mol. The number of hydrogen-bond donors (Lipinski definition) is 2. The fourth-order valence-corrected chi connectivity index (χ4v) is 4.77. The molecule has 2 aliphatic rings. The number of rotatable bonds is 5. The van der Waals surface area contributed by atoms with Crippen molar-refractivity contribution in [2.24, 2.45) is 0 Å². The zero-order valence-corrected chi connectivity index (χ0v) is 18.2. The van der Waals surface area contributed by atoms with Gasteiger partial charge in [0.05, 0.1) is 6.10 Å². The highest BCUT2D eigenvalue weighted by Gasteiger charge is 2.51. The minimum absolute atomic E-state index is 0.0907. The highest BCUT2D eigenvalue weighted by atomic mass is 16.6. The summed E-state index contributed by atoms with van der Waals surface area (Å²) in [5.74, 6) is -1.80. The first kappa shape index (κ1) is 21.8. The van der Waals surface area contributed by atoms with Gasteiger partial charge in [-0.3, -0.25) is 9.69 Å². The van der Waals surface area contributed by atoms with Crippen LogP contribution in [0.4, 0.5) is 4.79 Å². The molecule has 0 bridgehead atoms. The van der Waals surface area contributed by atoms with Crippen LogP contribution >= 0.6 is 0 Å². The third-order valence-electron chi connectivity index (χ3n) is 6.03. The molecule has 1 fully saturated rings. The van der Waals surface area contributed by atoms with Gasteiger partial charge in [0, 0.05) is 5.92 Å². The minimum atomic E-state index is -1.16. The number of aliphatic carboxylic acids is 1. The fourth-order valence-electron chi connectivity index (χ4n) is 4.77. The number of alkyl carbamates (subject to hydrolysis) is 1. The van der Waals surface area contributed by atoms with Crippen LogP contribution in [0.25, 0.3) is 11.1 Å². The molecule has 8 heteroatoms. The maximum atomic E-state index is 12.7. The highest BCUT2D eigenvalue weighted by molar-refractivity contribution is 5.88. The second-order valence-corrected chi connectivity index (χ2v) is 8.50. The second kappa shape index (κ2) is 8.27. The standard InChI is InChI=1S/C24H26N2O6/c1-14-21(22(28)29)26(24(2,3)32-14)20(27)12-25-23(30)31-13-19-17-10-6-4-8-15(17)16-9-5-7-11-18(16)19/h4-11,14,19,21H,12-13H2,1-3H3,(H,25,30)(H,28,29)/t14-,21+/m1/s1. The van der Waals surface area contributed by atoms with Crippen molar-refractivity contribution in [3.8, 4) is 11.1 Å². The lowest BCUT2D eigenvalue weighted by atomic mass is 9.98. The Kier molecular flexibility index (Phi) is 5.64. The largest absolute Gasteiger partial charge is 0.480 e. The first-order chi connectivity index (χ1) is 15.2. The minimum Gasteiger partial charge on any atom is -0.480 e. The molecule has 0 radical (unpaired) electrons. The van der Waals surface area contributed by atoms with Gasteiger partial charge in [-0.25, -0.2) is 9.59 Å². The predicted molar refractivity (Wildman–Crippen MR) is 116 cm³/mol. The topological polar surface area (TPSA) is 105 Å². The molecular formula is C24H26N2O6. The molecule has 1 heterocycles. The summed E-state index contributed by atoms with van der Waals surface area (Å²) in [6, 6.07) is 14.9. The molecule has 1 aliphatic heterocycles. The summed E-state index contributed by atoms with van der Waals surface area (Å²) in [4.78, 5) is 37.8. The molecule has 2 amide bonds. The fraction of sp³-hybridized carbons (Fsp3) is 0.375. The Morgan fingerprint density at radius 2 is 1.62 bits per heavy atom. The average molecular weight is 438 g/mol. The van der Waals surface area contributed by atoms with Crippen molar-refractivity contribution < 1.29 is 29.0 Å². The SMILES string of the molecule is C[C@H]1OC(C)(C)N(C(=O)CNC(=O)OCC2c3ccccc3-c3ccccc32)[C@@H]1C(=O)O. The maximum absolute atomic E-state index is 12.7. The number of ether oxygens (including phenoxy) is 2. The van der Waals surface area contributed by atoms with Gasteiger partial charge in [0.25, 0.3) is 0 Å². The molecule has 0 saturated carbocycles. The molecule has 1 aliphatic carbocycles. The van der Waals surface area contributed by atoms with E-state index in [0.717, 1.165) is 27.2 Å². The Labute approximate surface area is 186 Å². The van der Waals surface area contributed by atoms with Crippen molar-refractivity contribution in [3.05, 3.63) is 59.7 Å². The number of fused-ring (bicyclic) bond motifs is 3. The molecule has 32 heavy (non-hydrogen) atoms. The van der Waals surface area contributed by atoms with Crippen LogP contribution in [0.3, 0.4) is 0 Å². The van der Waals surface area contributed by atoms with Gasteiger partial charge >= 0.3 is 12.1 Å². The summed E-state index contributed by atoms with van der Waals surface area (Å²) < 4.78 is 11.1. The van der Waals surface area contributed by atoms with E-state index >= 15 is 0 Å². The summed E-state index contributed by atoms with van der Waals surface area (Å²) in [6.07, 6.45) is -1.40. The number of amides is 2. The van der Waals surface area contributed by atoms with E-state index in [4.69, 9.17) is 9.47 Å². The number of benzene rings is 2. The van der Waals surface area contributed by atoms with Crippen molar-refractivity contribution in [3.63, 3.8) is 0 Å². The molecule has 8 nitrogen and oxygen atoms in total. The average Bonchev–Trinajstić information content (AvgIpc) is 3.20. The molecule has 0 spiro atoms. The van der Waals surface area contributed by atoms with Crippen LogP contribution in [0.5, 0.6) is 0 Å². The van der Waals surface area contributed by atoms with Crippen molar-refractivity contribution in [1.82, 2.24) is 10.2 Å². The molecule has 2 aromatic carbocycles. The van der Waals surface area contributed by atoms with Gasteiger partial charge in [-0.1, -0.05) is 48.5 Å². The number of carbonyl (C=O) groups excluding carboxylic acids is 2. The lowest BCUT2D eigenvalue weighted by molar-refractivity contribution is -0.154. The van der Waals surface area contributed by atoms with Crippen LogP contribution in [0, 0.1) is 0 Å². The number of hydrogen-bond acceptors (Lipinski definition) is 5. The Hall–Kier alpha value is -3.39. The van der Waals surface area contributed by atoms with E-state index in [2.05, 4.69) is 5.32 Å². The molecule has 168 valence electrons. The third kappa shape index (κ3) is 3.82. The van der Waals surface area contributed by atoms with Crippen molar-refractivity contribution in [2.75, 3.05) is 13.2 Å². The zero-order valence-electron chi connectivity index (χ0n) is 18.2. The van der Waals surface area contributed by atoms with Gasteiger partial charge in [0.1, 0.15) is 18.9 Å². The summed E-state index contributed by atoms with van der Waals surface area (Å²) in [5, 5.41) is 11.9. The van der Waals surface area contributed by atoms with Crippen LogP contribution in [0.15, 0.2) is 48.5 Å². The van der Waals surface area contributed by atoms with Crippen LogP contribution in [0.2, 0.25) is 0 Å². The molecular weight excluding hydrogens is 412 g/mol. The Morgan fingerprint density at radius 3 is 2.19 bits per heavy atom. The Morgan fingerprint density at radius 1 is 1.06 bits per heavy atom. The van der Waals surface area contributed by atoms with E-state index in [1.807, 2.05) is 48.5 Å². The van der Waals surface area contributed by atoms with E-state index in [1.54, 1.807) is 20.8 Å². The van der Waals surface area contributed by atoms with Crippen LogP contribution in [-0.4, -0.2) is 59.0 Å². The maximum Gasteiger partial charge on any atom is 0.407 e. The lowest BCUT2D eigenvalue weighted by Gasteiger charge is -2.32. The number of nitrogens with one attached hydrogen (secondary N) is 1. The molecule has 0 unspecified atom stereocenters. The summed E-state index contributed by atoms with van der Waals surface area (Å²) >= 11 is 0. The quantitative estimate of drug-likeness (QED) is 0.744. The smallest absolute Gasteiger partial charge is 0.407 e. The second-order valence-electron chi connectivity index (χ2n) is 8.50. The highest BCUT2D eigenvalue weighted by Crippen LogP contribution is 2.44. The van der Waals surface area contributed by atoms with Crippen LogP contribution in [0.1, 0.15) is 37.8 Å². The molecule has 2 N–H and O–H groups in total. The number of carboxylic acids is 1. The number of carbonyl (C=O) groups is 3. The molecule has 4 rings (SSSR count). The lowest BCUT2D eigenvalue weighted by Crippen LogP contribution is -2.54. The molecule has 1 saturated heterocycles. The summed E-state index contributed by atoms with van der Waals surface area (Å²) in [7, 11) is 0. The molecule has 0 aromatic heterocycles. The molecule has 2 atom stereocenters. The van der Waals surface area contributed by atoms with Crippen LogP contribution < -0.4 is 5.32 Å². The van der Waals surface area contributed by atoms with E-state index in [9.17, 15) is 19.5 Å². The van der Waals surface area contributed by atoms with E-state index in [1.165, 1.54) is 0 Å². The van der Waals surface area contributed by atoms with Crippen LogP contribution in [-0.2, 0) is 19.1 Å². The zero-order chi connectivity index (χ0) is 23.0. The summed E-state index contributed by atoms with van der Waals surface area (Å²) in [5.41, 5.74) is 3.33. The van der Waals surface area contributed by atoms with E-state index < -0.39 is 35.8 Å². The van der Waals surface area contributed by atoms with Gasteiger partial charge in [0.15, 0.2) is 6.04 Å². The third-order valence-corrected chi connectivity index (χ3v) is 6.03. The van der Waals surface area contributed by atoms with Gasteiger partial charge in [-0.05, 0) is 43.0 Å². The van der Waals surface area contributed by atoms with Gasteiger partial charge in [-0.2, -0.15) is 0 Å². The number of carboxylic acid groups (broad SMARTS) is 1. The Bertz CT molecular complexity index is 1020. The summed E-state index contributed by atoms with van der Waals surface area (Å²) in [6.45, 7) is 4.59. The first-order valence-corrected chi connectivity index (χ1v) is 10.5. The van der Waals surface area contributed by atoms with Gasteiger partial charge in [-0.15, -0.1) is 0 Å². The van der Waals surface area contributed by atoms with Crippen molar-refractivity contribution in [2.45, 2.75) is 44.6 Å². The number of nitrogens with zero attached hydrogens (tertiary/aromatic N) is 1. The van der Waals surface area contributed by atoms with Crippen molar-refractivity contribution >= 4 is 18.0 Å². The Balaban J connectivity index is 1.38. The molecule has 2 aromatic rings. The normalized spacial score (nSPS) is 21.0. The predicted octanol–water partition coefficient (Wildman–Crippen LogP) is 2.96. The van der Waals surface area contributed by atoms with Gasteiger partial charge < -0.3 is 19.9 Å². The van der Waals surface area contributed by atoms with Gasteiger partial charge in [0.2, 0.25) is 5.91 Å². The van der Waals surface area contributed by atoms with E-state index in [0.29, 0.717) is 0 Å². The van der Waals surface area contributed by atoms with E-state index in [-0.39, 0.29) is 19.1 Å². The first-order valence-electron chi connectivity index (χ1n) is 10.5. The van der Waals surface area contributed by atoms with Crippen molar-refractivity contribution in [1.29, 1.82) is 0 Å².